The third-order valence-corrected chi connectivity index (χ3v) is 3.87. The second kappa shape index (κ2) is 5.28. The molecule has 6 nitrogen and oxygen atoms in total. The minimum Gasteiger partial charge on any atom is -0.333 e. The van der Waals surface area contributed by atoms with Gasteiger partial charge in [0.05, 0.1) is 0 Å². The standard InChI is InChI=1S/C13H21N5O/c1-2-3-11-14-12(16-15-11)13(19)18-8-6-17(7-9-18)10-4-5-10/h10H,2-9H2,1H3,(H,14,15,16). The van der Waals surface area contributed by atoms with Crippen LogP contribution in [-0.2, 0) is 6.42 Å². The average Bonchev–Trinajstić information content (AvgIpc) is 3.19. The third-order valence-electron chi connectivity index (χ3n) is 3.87. The third kappa shape index (κ3) is 2.78. The molecule has 0 unspecified atom stereocenters. The summed E-state index contributed by atoms with van der Waals surface area (Å²) in [6.07, 6.45) is 4.50. The molecule has 0 bridgehead atoms. The Kier molecular flexibility index (Phi) is 3.50. The van der Waals surface area contributed by atoms with Crippen LogP contribution in [0.5, 0.6) is 0 Å². The predicted octanol–water partition coefficient (Wildman–Crippen LogP) is 0.677. The van der Waals surface area contributed by atoms with Crippen LogP contribution in [0.4, 0.5) is 0 Å². The molecule has 1 saturated carbocycles. The van der Waals surface area contributed by atoms with Crippen molar-refractivity contribution >= 4 is 5.91 Å². The summed E-state index contributed by atoms with van der Waals surface area (Å²) in [5, 5.41) is 6.88. The second-order valence-corrected chi connectivity index (χ2v) is 5.42. The number of carbonyl (C=O) groups excluding carboxylic acids is 1. The average molecular weight is 263 g/mol. The van der Waals surface area contributed by atoms with Crippen molar-refractivity contribution in [1.82, 2.24) is 25.0 Å². The molecular formula is C13H21N5O. The number of aryl methyl sites for hydroxylation is 1. The Hall–Kier alpha value is -1.43. The molecule has 0 radical (unpaired) electrons. The lowest BCUT2D eigenvalue weighted by Gasteiger charge is -2.34. The highest BCUT2D eigenvalue weighted by molar-refractivity contribution is 5.90. The van der Waals surface area contributed by atoms with Gasteiger partial charge in [0, 0.05) is 38.6 Å². The second-order valence-electron chi connectivity index (χ2n) is 5.42. The molecule has 19 heavy (non-hydrogen) atoms. The van der Waals surface area contributed by atoms with Crippen LogP contribution in [0.1, 0.15) is 42.6 Å². The summed E-state index contributed by atoms with van der Waals surface area (Å²) < 4.78 is 0. The molecule has 2 fully saturated rings. The molecule has 2 heterocycles. The first kappa shape index (κ1) is 12.6. The number of carbonyl (C=O) groups is 1. The van der Waals surface area contributed by atoms with Crippen molar-refractivity contribution in [3.63, 3.8) is 0 Å². The fourth-order valence-corrected chi connectivity index (χ4v) is 2.61. The minimum atomic E-state index is -0.0333. The zero-order chi connectivity index (χ0) is 13.2. The lowest BCUT2D eigenvalue weighted by Crippen LogP contribution is -2.49. The summed E-state index contributed by atoms with van der Waals surface area (Å²) >= 11 is 0. The first-order valence-corrected chi connectivity index (χ1v) is 7.22. The number of rotatable bonds is 4. The molecule has 0 atom stereocenters. The van der Waals surface area contributed by atoms with Crippen LogP contribution >= 0.6 is 0 Å². The Morgan fingerprint density at radius 1 is 1.32 bits per heavy atom. The van der Waals surface area contributed by atoms with E-state index in [1.54, 1.807) is 0 Å². The van der Waals surface area contributed by atoms with E-state index >= 15 is 0 Å². The first-order chi connectivity index (χ1) is 9.28. The number of amides is 1. The minimum absolute atomic E-state index is 0.0333. The molecular weight excluding hydrogens is 242 g/mol. The van der Waals surface area contributed by atoms with Gasteiger partial charge >= 0.3 is 0 Å². The van der Waals surface area contributed by atoms with Gasteiger partial charge in [0.25, 0.3) is 5.91 Å². The zero-order valence-corrected chi connectivity index (χ0v) is 11.4. The normalized spacial score (nSPS) is 20.8. The van der Waals surface area contributed by atoms with E-state index < -0.39 is 0 Å². The van der Waals surface area contributed by atoms with E-state index in [0.29, 0.717) is 5.82 Å². The molecule has 1 aromatic heterocycles. The van der Waals surface area contributed by atoms with Crippen LogP contribution in [0.3, 0.4) is 0 Å². The highest BCUT2D eigenvalue weighted by Crippen LogP contribution is 2.27. The summed E-state index contributed by atoms with van der Waals surface area (Å²) in [6.45, 7) is 5.66. The highest BCUT2D eigenvalue weighted by Gasteiger charge is 2.33. The maximum Gasteiger partial charge on any atom is 0.293 e. The fraction of sp³-hybridized carbons (Fsp3) is 0.769. The van der Waals surface area contributed by atoms with Crippen LogP contribution in [0.15, 0.2) is 0 Å². The topological polar surface area (TPSA) is 65.1 Å². The number of aromatic nitrogens is 3. The lowest BCUT2D eigenvalue weighted by atomic mass is 10.3. The monoisotopic (exact) mass is 263 g/mol. The molecule has 0 aromatic carbocycles. The van der Waals surface area contributed by atoms with E-state index in [2.05, 4.69) is 27.0 Å². The summed E-state index contributed by atoms with van der Waals surface area (Å²) in [5.41, 5.74) is 0. The first-order valence-electron chi connectivity index (χ1n) is 7.22. The van der Waals surface area contributed by atoms with Crippen molar-refractivity contribution < 1.29 is 4.79 Å². The number of nitrogens with one attached hydrogen (secondary N) is 1. The molecule has 1 aromatic rings. The molecule has 1 saturated heterocycles. The maximum atomic E-state index is 12.3. The quantitative estimate of drug-likeness (QED) is 0.867. The van der Waals surface area contributed by atoms with E-state index in [1.807, 2.05) is 4.90 Å². The smallest absolute Gasteiger partial charge is 0.293 e. The summed E-state index contributed by atoms with van der Waals surface area (Å²) in [5.74, 6) is 1.10. The Labute approximate surface area is 113 Å². The van der Waals surface area contributed by atoms with E-state index in [1.165, 1.54) is 12.8 Å². The van der Waals surface area contributed by atoms with Crippen molar-refractivity contribution in [2.45, 2.75) is 38.6 Å². The van der Waals surface area contributed by atoms with Crippen LogP contribution < -0.4 is 0 Å². The van der Waals surface area contributed by atoms with Crippen molar-refractivity contribution in [2.24, 2.45) is 0 Å². The van der Waals surface area contributed by atoms with Gasteiger partial charge in [-0.3, -0.25) is 14.8 Å². The zero-order valence-electron chi connectivity index (χ0n) is 11.4. The maximum absolute atomic E-state index is 12.3. The van der Waals surface area contributed by atoms with Gasteiger partial charge in [-0.05, 0) is 19.3 Å². The van der Waals surface area contributed by atoms with Crippen molar-refractivity contribution in [1.29, 1.82) is 0 Å². The van der Waals surface area contributed by atoms with Crippen molar-refractivity contribution in [3.8, 4) is 0 Å². The van der Waals surface area contributed by atoms with E-state index in [9.17, 15) is 4.79 Å². The van der Waals surface area contributed by atoms with Crippen LogP contribution in [0.25, 0.3) is 0 Å². The lowest BCUT2D eigenvalue weighted by molar-refractivity contribution is 0.0615. The Morgan fingerprint density at radius 2 is 2.05 bits per heavy atom. The van der Waals surface area contributed by atoms with Gasteiger partial charge in [-0.1, -0.05) is 6.92 Å². The summed E-state index contributed by atoms with van der Waals surface area (Å²) in [6, 6.07) is 0.789. The SMILES string of the molecule is CCCc1nc(C(=O)N2CCN(C3CC3)CC2)n[nH]1. The molecule has 104 valence electrons. The summed E-state index contributed by atoms with van der Waals surface area (Å²) in [7, 11) is 0. The predicted molar refractivity (Wildman–Crippen MR) is 70.9 cm³/mol. The van der Waals surface area contributed by atoms with Gasteiger partial charge in [-0.2, -0.15) is 0 Å². The number of nitrogens with zero attached hydrogens (tertiary/aromatic N) is 4. The van der Waals surface area contributed by atoms with Crippen molar-refractivity contribution in [3.05, 3.63) is 11.6 Å². The molecule has 3 rings (SSSR count). The number of aromatic amines is 1. The number of hydrogen-bond acceptors (Lipinski definition) is 4. The van der Waals surface area contributed by atoms with Gasteiger partial charge in [-0.25, -0.2) is 4.98 Å². The number of piperazine rings is 1. The van der Waals surface area contributed by atoms with Gasteiger partial charge in [-0.15, -0.1) is 5.10 Å². The number of hydrogen-bond donors (Lipinski definition) is 1. The van der Waals surface area contributed by atoms with Crippen LogP contribution in [0, 0.1) is 0 Å². The molecule has 0 spiro atoms. The van der Waals surface area contributed by atoms with Gasteiger partial charge in [0.15, 0.2) is 0 Å². The van der Waals surface area contributed by atoms with E-state index in [-0.39, 0.29) is 5.91 Å². The molecule has 2 aliphatic rings. The Balaban J connectivity index is 1.57. The largest absolute Gasteiger partial charge is 0.333 e. The van der Waals surface area contributed by atoms with Gasteiger partial charge in [0.1, 0.15) is 5.82 Å². The van der Waals surface area contributed by atoms with Gasteiger partial charge in [0.2, 0.25) is 5.82 Å². The molecule has 6 heteroatoms. The molecule has 1 aliphatic heterocycles. The highest BCUT2D eigenvalue weighted by atomic mass is 16.2. The number of H-pyrrole nitrogens is 1. The van der Waals surface area contributed by atoms with E-state index in [0.717, 1.165) is 50.9 Å². The van der Waals surface area contributed by atoms with Gasteiger partial charge < -0.3 is 4.90 Å². The Morgan fingerprint density at radius 3 is 2.68 bits per heavy atom. The Bertz CT molecular complexity index is 446. The molecule has 1 amide bonds. The van der Waals surface area contributed by atoms with Crippen LogP contribution in [0.2, 0.25) is 0 Å². The summed E-state index contributed by atoms with van der Waals surface area (Å²) in [4.78, 5) is 20.9. The van der Waals surface area contributed by atoms with E-state index in [4.69, 9.17) is 0 Å². The molecule has 1 aliphatic carbocycles. The fourth-order valence-electron chi connectivity index (χ4n) is 2.61. The van der Waals surface area contributed by atoms with Crippen LogP contribution in [-0.4, -0.2) is 63.1 Å². The molecule has 1 N–H and O–H groups in total. The van der Waals surface area contributed by atoms with Crippen molar-refractivity contribution in [2.75, 3.05) is 26.2 Å².